The molecule has 2 aromatic carbocycles. The number of hydrogen-bond acceptors (Lipinski definition) is 1. The average Bonchev–Trinajstić information content (AvgIpc) is 3.24. The molecule has 2 aliphatic rings. The zero-order valence-electron chi connectivity index (χ0n) is 16.1. The van der Waals surface area contributed by atoms with E-state index in [0.717, 1.165) is 0 Å². The molecule has 0 heterocycles. The molecule has 1 atom stereocenters. The molecular weight excluding hydrogens is 383 g/mol. The van der Waals surface area contributed by atoms with E-state index in [4.69, 9.17) is 5.11 Å². The van der Waals surface area contributed by atoms with E-state index in [2.05, 4.69) is 43.3 Å². The van der Waals surface area contributed by atoms with Crippen LogP contribution in [0.25, 0.3) is 0 Å². The Morgan fingerprint density at radius 2 is 1.28 bits per heavy atom. The molecule has 1 N–H and O–H groups in total. The maximum atomic E-state index is 8.30. The van der Waals surface area contributed by atoms with Crippen LogP contribution >= 0.6 is 0 Å². The number of aliphatic hydroxyl groups excluding tert-OH is 1. The van der Waals surface area contributed by atoms with Gasteiger partial charge >= 0.3 is 26.2 Å². The molecule has 0 amide bonds. The third-order valence-corrected chi connectivity index (χ3v) is 4.72. The van der Waals surface area contributed by atoms with Crippen molar-refractivity contribution < 1.29 is 31.3 Å². The van der Waals surface area contributed by atoms with Gasteiger partial charge in [0, 0.05) is 6.10 Å². The van der Waals surface area contributed by atoms with Gasteiger partial charge in [0.15, 0.2) is 0 Å². The van der Waals surface area contributed by atoms with Crippen LogP contribution in [0.5, 0.6) is 0 Å². The first-order valence-corrected chi connectivity index (χ1v) is 9.15. The van der Waals surface area contributed by atoms with Crippen molar-refractivity contribution in [3.63, 3.8) is 0 Å². The Balaban J connectivity index is 0.000000348. The van der Waals surface area contributed by atoms with Crippen molar-refractivity contribution in [1.29, 1.82) is 0 Å². The maximum Gasteiger partial charge on any atom is 4.00 e. The van der Waals surface area contributed by atoms with Crippen molar-refractivity contribution in [2.24, 2.45) is 0 Å². The van der Waals surface area contributed by atoms with Crippen LogP contribution in [0.1, 0.15) is 61.3 Å². The number of aliphatic hydroxyl groups is 1. The average molecular weight is 418 g/mol. The number of aryl methyl sites for hydroxylation is 4. The Bertz CT molecular complexity index is 463. The van der Waals surface area contributed by atoms with E-state index in [9.17, 15) is 0 Å². The fourth-order valence-corrected chi connectivity index (χ4v) is 3.23. The van der Waals surface area contributed by atoms with E-state index in [-0.39, 0.29) is 39.7 Å². The maximum absolute atomic E-state index is 8.30. The smallest absolute Gasteiger partial charge is 0.396 e. The van der Waals surface area contributed by atoms with E-state index in [0.29, 0.717) is 6.42 Å². The second-order valence-electron chi connectivity index (χ2n) is 6.70. The van der Waals surface area contributed by atoms with Crippen molar-refractivity contribution in [3.8, 4) is 0 Å². The Kier molecular flexibility index (Phi) is 13.5. The van der Waals surface area contributed by atoms with Crippen LogP contribution in [0.3, 0.4) is 0 Å². The van der Waals surface area contributed by atoms with E-state index in [1.807, 2.05) is 0 Å². The minimum atomic E-state index is -0.227. The van der Waals surface area contributed by atoms with Gasteiger partial charge in [0.2, 0.25) is 0 Å². The predicted octanol–water partition coefficient (Wildman–Crippen LogP) is 5.61. The molecule has 0 fully saturated rings. The van der Waals surface area contributed by atoms with E-state index in [1.165, 1.54) is 51.4 Å². The molecule has 4 rings (SSSR count). The van der Waals surface area contributed by atoms with Crippen LogP contribution in [-0.4, -0.2) is 11.2 Å². The number of hydrogen-bond donors (Lipinski definition) is 1. The molecule has 0 aliphatic heterocycles. The quantitative estimate of drug-likeness (QED) is 0.598. The summed E-state index contributed by atoms with van der Waals surface area (Å²) in [6.45, 7) is 5.15. The van der Waals surface area contributed by atoms with Gasteiger partial charge in [-0.3, -0.25) is 0 Å². The van der Waals surface area contributed by atoms with Gasteiger partial charge in [-0.25, -0.2) is 12.1 Å². The van der Waals surface area contributed by atoms with Crippen LogP contribution in [0.4, 0.5) is 0 Å². The molecule has 25 heavy (non-hydrogen) atoms. The van der Waals surface area contributed by atoms with Gasteiger partial charge in [0.05, 0.1) is 0 Å². The van der Waals surface area contributed by atoms with Gasteiger partial charge in [-0.1, -0.05) is 51.4 Å². The summed E-state index contributed by atoms with van der Waals surface area (Å²) in [5.74, 6) is 0. The first-order chi connectivity index (χ1) is 11.2. The molecule has 1 unspecified atom stereocenters. The minimum absolute atomic E-state index is 0. The van der Waals surface area contributed by atoms with Gasteiger partial charge in [0.1, 0.15) is 0 Å². The molecule has 2 aromatic rings. The summed E-state index contributed by atoms with van der Waals surface area (Å²) in [7, 11) is 0. The van der Waals surface area contributed by atoms with Gasteiger partial charge in [-0.2, -0.15) is 52.9 Å². The van der Waals surface area contributed by atoms with Crippen molar-refractivity contribution in [3.05, 3.63) is 73.0 Å². The first-order valence-electron chi connectivity index (χ1n) is 9.15. The Labute approximate surface area is 174 Å². The fourth-order valence-electron chi connectivity index (χ4n) is 3.23. The normalized spacial score (nSPS) is 15.5. The molecule has 2 heteroatoms. The molecule has 0 spiro atoms. The first kappa shape index (κ1) is 24.5. The third-order valence-electron chi connectivity index (χ3n) is 4.72. The third kappa shape index (κ3) is 8.65. The summed E-state index contributed by atoms with van der Waals surface area (Å²) in [5.41, 5.74) is 6.39. The van der Waals surface area contributed by atoms with Gasteiger partial charge < -0.3 is 19.5 Å². The molecule has 0 saturated carbocycles. The molecule has 0 saturated heterocycles. The Morgan fingerprint density at radius 1 is 0.920 bits per heavy atom. The second-order valence-corrected chi connectivity index (χ2v) is 6.70. The number of fused-ring (bicyclic) bond motifs is 2. The van der Waals surface area contributed by atoms with Crippen molar-refractivity contribution in [2.75, 3.05) is 0 Å². The largest absolute Gasteiger partial charge is 4.00 e. The molecule has 0 bridgehead atoms. The van der Waals surface area contributed by atoms with E-state index < -0.39 is 0 Å². The standard InChI is InChI=1S/2C9H11.C4H9O.CH3.Zr/c2*1-2-5-9-7-3-6-8(9)4-1;1-3-4(2)5;;/h2*3,6-7H,1-2,4-5H2;4-5H,1,3H2,2H3;1H3;/q4*-1;+4. The van der Waals surface area contributed by atoms with Crippen molar-refractivity contribution in [2.45, 2.75) is 70.8 Å². The number of rotatable bonds is 1. The zero-order chi connectivity index (χ0) is 16.5. The fraction of sp³-hybridized carbons (Fsp3) is 0.478. The summed E-state index contributed by atoms with van der Waals surface area (Å²) in [6, 6.07) is 13.4. The molecule has 2 aliphatic carbocycles. The summed E-state index contributed by atoms with van der Waals surface area (Å²) < 4.78 is 0. The molecule has 0 radical (unpaired) electrons. The summed E-state index contributed by atoms with van der Waals surface area (Å²) in [4.78, 5) is 0. The SMILES string of the molecule is [CH2-]CC(C)O.[CH3-].[Zr+4].c1cc2c([cH-]1)CCCC2.c1cc2c([cH-]1)CCCC2. The van der Waals surface area contributed by atoms with Crippen molar-refractivity contribution in [1.82, 2.24) is 0 Å². The Hall–Kier alpha value is -0.457. The molecule has 1 nitrogen and oxygen atoms in total. The Morgan fingerprint density at radius 3 is 1.60 bits per heavy atom. The van der Waals surface area contributed by atoms with Gasteiger partial charge in [-0.05, 0) is 6.92 Å². The summed E-state index contributed by atoms with van der Waals surface area (Å²) >= 11 is 0. The van der Waals surface area contributed by atoms with Crippen LogP contribution in [0, 0.1) is 14.4 Å². The second kappa shape index (κ2) is 13.7. The van der Waals surface area contributed by atoms with Crippen LogP contribution in [-0.2, 0) is 51.9 Å². The molecular formula is C23H34OZr. The zero-order valence-corrected chi connectivity index (χ0v) is 18.5. The van der Waals surface area contributed by atoms with Crippen LogP contribution in [0.15, 0.2) is 36.4 Å². The topological polar surface area (TPSA) is 20.2 Å². The van der Waals surface area contributed by atoms with Crippen LogP contribution in [0.2, 0.25) is 0 Å². The van der Waals surface area contributed by atoms with Gasteiger partial charge in [-0.15, -0.1) is 0 Å². The molecule has 0 aromatic heterocycles. The monoisotopic (exact) mass is 416 g/mol. The summed E-state index contributed by atoms with van der Waals surface area (Å²) in [5, 5.41) is 8.30. The predicted molar refractivity (Wildman–Crippen MR) is 105 cm³/mol. The summed E-state index contributed by atoms with van der Waals surface area (Å²) in [6.07, 6.45) is 11.3. The van der Waals surface area contributed by atoms with Gasteiger partial charge in [0.25, 0.3) is 0 Å². The van der Waals surface area contributed by atoms with E-state index in [1.54, 1.807) is 29.2 Å². The minimum Gasteiger partial charge on any atom is -0.396 e. The van der Waals surface area contributed by atoms with Crippen molar-refractivity contribution >= 4 is 0 Å². The molecule has 136 valence electrons. The van der Waals surface area contributed by atoms with E-state index >= 15 is 0 Å². The van der Waals surface area contributed by atoms with Crippen LogP contribution < -0.4 is 0 Å².